The average molecular weight is 444 g/mol. The zero-order valence-electron chi connectivity index (χ0n) is 16.1. The lowest BCUT2D eigenvalue weighted by Crippen LogP contribution is -2.31. The van der Waals surface area contributed by atoms with Gasteiger partial charge in [-0.25, -0.2) is 0 Å². The molecule has 0 unspecified atom stereocenters. The highest BCUT2D eigenvalue weighted by Gasteiger charge is 2.15. The third-order valence-electron chi connectivity index (χ3n) is 4.26. The summed E-state index contributed by atoms with van der Waals surface area (Å²) in [5.41, 5.74) is 2.07. The molecule has 7 heteroatoms. The summed E-state index contributed by atoms with van der Waals surface area (Å²) in [6.45, 7) is 4.43. The van der Waals surface area contributed by atoms with E-state index in [9.17, 15) is 4.79 Å². The fourth-order valence-corrected chi connectivity index (χ4v) is 2.96. The second-order valence-corrected chi connectivity index (χ2v) is 7.70. The highest BCUT2D eigenvalue weighted by atomic mass is 79.9. The van der Waals surface area contributed by atoms with Crippen LogP contribution in [0.15, 0.2) is 57.5 Å². The van der Waals surface area contributed by atoms with E-state index in [0.717, 1.165) is 10.0 Å². The van der Waals surface area contributed by atoms with Crippen LogP contribution >= 0.6 is 15.9 Å². The molecule has 3 aromatic rings. The Morgan fingerprint density at radius 2 is 1.96 bits per heavy atom. The molecule has 0 aliphatic rings. The van der Waals surface area contributed by atoms with Gasteiger partial charge < -0.3 is 14.2 Å². The summed E-state index contributed by atoms with van der Waals surface area (Å²) < 4.78 is 11.8. The number of hydrogen-bond acceptors (Lipinski definition) is 5. The molecular formula is C21H22BrN3O3. The normalized spacial score (nSPS) is 10.9. The van der Waals surface area contributed by atoms with E-state index < -0.39 is 0 Å². The molecule has 0 saturated carbocycles. The zero-order chi connectivity index (χ0) is 20.1. The molecule has 0 fully saturated rings. The number of carbonyl (C=O) groups excluding carboxylic acids is 1. The van der Waals surface area contributed by atoms with E-state index in [1.54, 1.807) is 7.05 Å². The molecule has 0 atom stereocenters. The SMILES string of the molecule is CC(C)c1ccc(OCC(=O)N(C)Cc2nc(-c3cccc(Br)c3)no2)cc1. The van der Waals surface area contributed by atoms with Crippen molar-refractivity contribution in [2.45, 2.75) is 26.3 Å². The molecule has 1 aromatic heterocycles. The van der Waals surface area contributed by atoms with Gasteiger partial charge in [0.25, 0.3) is 5.91 Å². The van der Waals surface area contributed by atoms with Gasteiger partial charge in [-0.3, -0.25) is 4.79 Å². The molecular weight excluding hydrogens is 422 g/mol. The quantitative estimate of drug-likeness (QED) is 0.530. The van der Waals surface area contributed by atoms with Crippen molar-refractivity contribution in [3.05, 3.63) is 64.5 Å². The van der Waals surface area contributed by atoms with Gasteiger partial charge in [0.15, 0.2) is 6.61 Å². The van der Waals surface area contributed by atoms with Gasteiger partial charge in [-0.15, -0.1) is 0 Å². The molecule has 0 spiro atoms. The molecule has 0 bridgehead atoms. The van der Waals surface area contributed by atoms with Crippen LogP contribution in [0.4, 0.5) is 0 Å². The van der Waals surface area contributed by atoms with Gasteiger partial charge >= 0.3 is 0 Å². The van der Waals surface area contributed by atoms with Crippen LogP contribution in [0.2, 0.25) is 0 Å². The van der Waals surface area contributed by atoms with Crippen LogP contribution in [-0.4, -0.2) is 34.6 Å². The third-order valence-corrected chi connectivity index (χ3v) is 4.75. The summed E-state index contributed by atoms with van der Waals surface area (Å²) in [6, 6.07) is 15.4. The number of carbonyl (C=O) groups is 1. The first-order valence-corrected chi connectivity index (χ1v) is 9.77. The van der Waals surface area contributed by atoms with Crippen LogP contribution < -0.4 is 4.74 Å². The summed E-state index contributed by atoms with van der Waals surface area (Å²) in [5, 5.41) is 3.98. The van der Waals surface area contributed by atoms with Crippen LogP contribution in [-0.2, 0) is 11.3 Å². The number of rotatable bonds is 7. The van der Waals surface area contributed by atoms with Crippen molar-refractivity contribution in [2.75, 3.05) is 13.7 Å². The van der Waals surface area contributed by atoms with Crippen LogP contribution in [0.5, 0.6) is 5.75 Å². The van der Waals surface area contributed by atoms with Crippen LogP contribution in [0, 0.1) is 0 Å². The van der Waals surface area contributed by atoms with E-state index >= 15 is 0 Å². The van der Waals surface area contributed by atoms with Gasteiger partial charge in [0.05, 0.1) is 6.54 Å². The minimum absolute atomic E-state index is 0.0514. The maximum absolute atomic E-state index is 12.3. The first-order chi connectivity index (χ1) is 13.4. The predicted octanol–water partition coefficient (Wildman–Crippen LogP) is 4.66. The average Bonchev–Trinajstić information content (AvgIpc) is 3.15. The molecule has 28 heavy (non-hydrogen) atoms. The molecule has 2 aromatic carbocycles. The monoisotopic (exact) mass is 443 g/mol. The maximum atomic E-state index is 12.3. The third kappa shape index (κ3) is 5.19. The minimum atomic E-state index is -0.171. The Morgan fingerprint density at radius 3 is 2.64 bits per heavy atom. The number of hydrogen-bond donors (Lipinski definition) is 0. The van der Waals surface area contributed by atoms with E-state index in [1.165, 1.54) is 10.5 Å². The Bertz CT molecular complexity index is 938. The highest BCUT2D eigenvalue weighted by molar-refractivity contribution is 9.10. The Morgan fingerprint density at radius 1 is 1.21 bits per heavy atom. The van der Waals surface area contributed by atoms with Crippen molar-refractivity contribution in [1.29, 1.82) is 0 Å². The van der Waals surface area contributed by atoms with E-state index in [4.69, 9.17) is 9.26 Å². The van der Waals surface area contributed by atoms with Crippen molar-refractivity contribution in [3.8, 4) is 17.1 Å². The van der Waals surface area contributed by atoms with E-state index in [1.807, 2.05) is 48.5 Å². The highest BCUT2D eigenvalue weighted by Crippen LogP contribution is 2.21. The van der Waals surface area contributed by atoms with E-state index in [-0.39, 0.29) is 19.1 Å². The predicted molar refractivity (Wildman–Crippen MR) is 110 cm³/mol. The van der Waals surface area contributed by atoms with E-state index in [2.05, 4.69) is 39.9 Å². The number of likely N-dealkylation sites (N-methyl/N-ethyl adjacent to an activating group) is 1. The standard InChI is InChI=1S/C21H22BrN3O3/c1-14(2)15-7-9-18(10-8-15)27-13-20(26)25(3)12-19-23-21(24-28-19)16-5-4-6-17(22)11-16/h4-11,14H,12-13H2,1-3H3. The van der Waals surface area contributed by atoms with Crippen molar-refractivity contribution < 1.29 is 14.1 Å². The van der Waals surface area contributed by atoms with Crippen molar-refractivity contribution >= 4 is 21.8 Å². The van der Waals surface area contributed by atoms with Gasteiger partial charge in [-0.1, -0.05) is 59.2 Å². The van der Waals surface area contributed by atoms with Gasteiger partial charge in [0.1, 0.15) is 5.75 Å². The second kappa shape index (κ2) is 9.01. The molecule has 1 heterocycles. The molecule has 0 saturated heterocycles. The zero-order valence-corrected chi connectivity index (χ0v) is 17.6. The fourth-order valence-electron chi connectivity index (χ4n) is 2.56. The Labute approximate surface area is 172 Å². The second-order valence-electron chi connectivity index (χ2n) is 6.78. The lowest BCUT2D eigenvalue weighted by atomic mass is 10.0. The Kier molecular flexibility index (Phi) is 6.46. The Hall–Kier alpha value is -2.67. The van der Waals surface area contributed by atoms with Crippen LogP contribution in [0.3, 0.4) is 0 Å². The van der Waals surface area contributed by atoms with Gasteiger partial charge in [-0.2, -0.15) is 4.98 Å². The van der Waals surface area contributed by atoms with E-state index in [0.29, 0.717) is 23.4 Å². The molecule has 1 amide bonds. The first-order valence-electron chi connectivity index (χ1n) is 8.97. The molecule has 0 aliphatic carbocycles. The van der Waals surface area contributed by atoms with Crippen molar-refractivity contribution in [1.82, 2.24) is 15.0 Å². The Balaban J connectivity index is 1.54. The maximum Gasteiger partial charge on any atom is 0.260 e. The number of amides is 1. The largest absolute Gasteiger partial charge is 0.484 e. The van der Waals surface area contributed by atoms with Gasteiger partial charge in [-0.05, 0) is 35.7 Å². The molecule has 0 radical (unpaired) electrons. The summed E-state index contributed by atoms with van der Waals surface area (Å²) in [5.74, 6) is 1.81. The topological polar surface area (TPSA) is 68.5 Å². The molecule has 0 N–H and O–H groups in total. The molecule has 3 rings (SSSR count). The lowest BCUT2D eigenvalue weighted by molar-refractivity contribution is -0.132. The first kappa shape index (κ1) is 20.1. The number of ether oxygens (including phenoxy) is 1. The number of nitrogens with zero attached hydrogens (tertiary/aromatic N) is 3. The number of benzene rings is 2. The summed E-state index contributed by atoms with van der Waals surface area (Å²) >= 11 is 3.42. The lowest BCUT2D eigenvalue weighted by Gasteiger charge is -2.15. The van der Waals surface area contributed by atoms with Crippen molar-refractivity contribution in [3.63, 3.8) is 0 Å². The van der Waals surface area contributed by atoms with Gasteiger partial charge in [0.2, 0.25) is 11.7 Å². The summed E-state index contributed by atoms with van der Waals surface area (Å²) in [6.07, 6.45) is 0. The van der Waals surface area contributed by atoms with Crippen LogP contribution in [0.1, 0.15) is 31.2 Å². The fraction of sp³-hybridized carbons (Fsp3) is 0.286. The van der Waals surface area contributed by atoms with Crippen molar-refractivity contribution in [2.24, 2.45) is 0 Å². The number of aromatic nitrogens is 2. The molecule has 146 valence electrons. The summed E-state index contributed by atoms with van der Waals surface area (Å²) in [4.78, 5) is 18.2. The summed E-state index contributed by atoms with van der Waals surface area (Å²) in [7, 11) is 1.68. The smallest absolute Gasteiger partial charge is 0.260 e. The molecule has 0 aliphatic heterocycles. The van der Waals surface area contributed by atoms with Crippen LogP contribution in [0.25, 0.3) is 11.4 Å². The van der Waals surface area contributed by atoms with Gasteiger partial charge in [0, 0.05) is 17.1 Å². The molecule has 6 nitrogen and oxygen atoms in total. The minimum Gasteiger partial charge on any atom is -0.484 e. The number of halogens is 1.